The molecule has 0 spiro atoms. The third-order valence-electron chi connectivity index (χ3n) is 4.30. The first-order valence-corrected chi connectivity index (χ1v) is 8.15. The first kappa shape index (κ1) is 16.8. The van der Waals surface area contributed by atoms with Crippen LogP contribution in [0.25, 0.3) is 10.9 Å². The third kappa shape index (κ3) is 3.71. The summed E-state index contributed by atoms with van der Waals surface area (Å²) in [5.74, 6) is -1.27. The minimum Gasteiger partial charge on any atom is -0.361 e. The molecular formula is C18H21N5O2. The number of nitrogens with zero attached hydrogens (tertiary/aromatic N) is 2. The van der Waals surface area contributed by atoms with Gasteiger partial charge in [-0.2, -0.15) is 0 Å². The highest BCUT2D eigenvalue weighted by atomic mass is 16.2. The Hall–Kier alpha value is -3.09. The second-order valence-electron chi connectivity index (χ2n) is 5.91. The number of hydrogen-bond acceptors (Lipinski definition) is 3. The van der Waals surface area contributed by atoms with Gasteiger partial charge in [0.05, 0.1) is 17.5 Å². The van der Waals surface area contributed by atoms with Crippen LogP contribution in [0.2, 0.25) is 0 Å². The predicted molar refractivity (Wildman–Crippen MR) is 94.9 cm³/mol. The molecule has 0 aliphatic rings. The van der Waals surface area contributed by atoms with E-state index in [4.69, 9.17) is 0 Å². The first-order valence-electron chi connectivity index (χ1n) is 8.15. The Bertz CT molecular complexity index is 909. The van der Waals surface area contributed by atoms with E-state index < -0.39 is 11.8 Å². The highest BCUT2D eigenvalue weighted by Gasteiger charge is 2.13. The Labute approximate surface area is 145 Å². The minimum absolute atomic E-state index is 0.296. The smallest absolute Gasteiger partial charge is 0.309 e. The lowest BCUT2D eigenvalue weighted by molar-refractivity contribution is -0.139. The summed E-state index contributed by atoms with van der Waals surface area (Å²) in [5, 5.41) is 6.35. The van der Waals surface area contributed by atoms with Crippen molar-refractivity contribution in [1.29, 1.82) is 0 Å². The van der Waals surface area contributed by atoms with E-state index in [0.29, 0.717) is 19.6 Å². The van der Waals surface area contributed by atoms with Crippen molar-refractivity contribution in [2.24, 2.45) is 0 Å². The Morgan fingerprint density at radius 3 is 2.72 bits per heavy atom. The number of imidazole rings is 1. The molecule has 25 heavy (non-hydrogen) atoms. The van der Waals surface area contributed by atoms with Crippen LogP contribution in [0.15, 0.2) is 36.8 Å². The quantitative estimate of drug-likeness (QED) is 0.614. The summed E-state index contributed by atoms with van der Waals surface area (Å²) >= 11 is 0. The highest BCUT2D eigenvalue weighted by molar-refractivity contribution is 6.35. The molecule has 3 N–H and O–H groups in total. The lowest BCUT2D eigenvalue weighted by Crippen LogP contribution is -2.40. The molecule has 2 heterocycles. The van der Waals surface area contributed by atoms with E-state index in [-0.39, 0.29) is 0 Å². The largest absolute Gasteiger partial charge is 0.361 e. The van der Waals surface area contributed by atoms with Crippen molar-refractivity contribution in [3.63, 3.8) is 0 Å². The zero-order valence-corrected chi connectivity index (χ0v) is 14.3. The average Bonchev–Trinajstić information content (AvgIpc) is 3.21. The zero-order valence-electron chi connectivity index (χ0n) is 14.3. The van der Waals surface area contributed by atoms with Crippen LogP contribution in [0.3, 0.4) is 0 Å². The number of aromatic nitrogens is 3. The van der Waals surface area contributed by atoms with Crippen molar-refractivity contribution in [1.82, 2.24) is 25.2 Å². The number of amides is 2. The van der Waals surface area contributed by atoms with Crippen LogP contribution in [0, 0.1) is 13.8 Å². The molecule has 0 atom stereocenters. The molecule has 0 fully saturated rings. The zero-order chi connectivity index (χ0) is 17.8. The molecule has 1 aromatic carbocycles. The molecule has 0 radical (unpaired) electrons. The fourth-order valence-corrected chi connectivity index (χ4v) is 2.69. The Balaban J connectivity index is 1.48. The summed E-state index contributed by atoms with van der Waals surface area (Å²) < 4.78 is 1.94. The van der Waals surface area contributed by atoms with Crippen LogP contribution in [0.1, 0.15) is 17.0 Å². The van der Waals surface area contributed by atoms with Crippen molar-refractivity contribution in [3.8, 4) is 0 Å². The number of para-hydroxylation sites is 1. The minimum atomic E-state index is -0.637. The lowest BCUT2D eigenvalue weighted by Gasteiger charge is -2.09. The predicted octanol–water partition coefficient (Wildman–Crippen LogP) is 1.41. The Morgan fingerprint density at radius 1 is 1.16 bits per heavy atom. The van der Waals surface area contributed by atoms with Gasteiger partial charge in [-0.05, 0) is 30.9 Å². The van der Waals surface area contributed by atoms with Gasteiger partial charge < -0.3 is 20.2 Å². The van der Waals surface area contributed by atoms with Crippen molar-refractivity contribution in [2.45, 2.75) is 26.9 Å². The van der Waals surface area contributed by atoms with Crippen molar-refractivity contribution in [2.75, 3.05) is 6.54 Å². The number of aromatic amines is 1. The van der Waals surface area contributed by atoms with Gasteiger partial charge in [-0.25, -0.2) is 4.98 Å². The molecule has 7 nitrogen and oxygen atoms in total. The SMILES string of the molecule is Cc1ncn(CCNC(=O)C(=O)NCc2cccc3cc[nH]c23)c1C. The molecule has 7 heteroatoms. The van der Waals surface area contributed by atoms with Crippen LogP contribution >= 0.6 is 0 Å². The van der Waals surface area contributed by atoms with Gasteiger partial charge in [0.25, 0.3) is 0 Å². The summed E-state index contributed by atoms with van der Waals surface area (Å²) in [5.41, 5.74) is 3.92. The molecule has 2 aromatic heterocycles. The molecule has 0 saturated heterocycles. The van der Waals surface area contributed by atoms with Gasteiger partial charge >= 0.3 is 11.8 Å². The maximum absolute atomic E-state index is 12.0. The number of nitrogens with one attached hydrogen (secondary N) is 3. The van der Waals surface area contributed by atoms with Crippen LogP contribution < -0.4 is 10.6 Å². The molecule has 0 unspecified atom stereocenters. The molecule has 3 rings (SSSR count). The maximum Gasteiger partial charge on any atom is 0.309 e. The van der Waals surface area contributed by atoms with E-state index in [0.717, 1.165) is 27.9 Å². The van der Waals surface area contributed by atoms with Gasteiger partial charge in [-0.15, -0.1) is 0 Å². The summed E-state index contributed by atoms with van der Waals surface area (Å²) in [6.45, 7) is 5.15. The number of fused-ring (bicyclic) bond motifs is 1. The number of benzene rings is 1. The molecular weight excluding hydrogens is 318 g/mol. The van der Waals surface area contributed by atoms with E-state index in [1.807, 2.05) is 48.9 Å². The second kappa shape index (κ2) is 7.21. The number of H-pyrrole nitrogens is 1. The molecule has 130 valence electrons. The topological polar surface area (TPSA) is 91.8 Å². The van der Waals surface area contributed by atoms with Crippen molar-refractivity contribution < 1.29 is 9.59 Å². The summed E-state index contributed by atoms with van der Waals surface area (Å²) in [4.78, 5) is 31.2. The maximum atomic E-state index is 12.0. The number of aryl methyl sites for hydroxylation is 1. The molecule has 0 aliphatic heterocycles. The van der Waals surface area contributed by atoms with Crippen LogP contribution in [0.5, 0.6) is 0 Å². The van der Waals surface area contributed by atoms with E-state index in [9.17, 15) is 9.59 Å². The molecule has 0 bridgehead atoms. The summed E-state index contributed by atoms with van der Waals surface area (Å²) in [7, 11) is 0. The van der Waals surface area contributed by atoms with E-state index in [2.05, 4.69) is 20.6 Å². The number of rotatable bonds is 5. The Morgan fingerprint density at radius 2 is 1.96 bits per heavy atom. The lowest BCUT2D eigenvalue weighted by atomic mass is 10.1. The second-order valence-corrected chi connectivity index (χ2v) is 5.91. The molecule has 0 saturated carbocycles. The molecule has 0 aliphatic carbocycles. The van der Waals surface area contributed by atoms with Crippen LogP contribution in [-0.4, -0.2) is 32.9 Å². The third-order valence-corrected chi connectivity index (χ3v) is 4.30. The molecule has 2 amide bonds. The number of hydrogen-bond donors (Lipinski definition) is 3. The highest BCUT2D eigenvalue weighted by Crippen LogP contribution is 2.16. The molecule has 3 aromatic rings. The average molecular weight is 339 g/mol. The van der Waals surface area contributed by atoms with E-state index >= 15 is 0 Å². The normalized spacial score (nSPS) is 10.8. The van der Waals surface area contributed by atoms with Gasteiger partial charge in [0.2, 0.25) is 0 Å². The summed E-state index contributed by atoms with van der Waals surface area (Å²) in [6.07, 6.45) is 3.58. The van der Waals surface area contributed by atoms with E-state index in [1.54, 1.807) is 6.33 Å². The fourth-order valence-electron chi connectivity index (χ4n) is 2.69. The van der Waals surface area contributed by atoms with Gasteiger partial charge in [-0.1, -0.05) is 18.2 Å². The van der Waals surface area contributed by atoms with Crippen molar-refractivity contribution >= 4 is 22.7 Å². The van der Waals surface area contributed by atoms with Gasteiger partial charge in [-0.3, -0.25) is 9.59 Å². The summed E-state index contributed by atoms with van der Waals surface area (Å²) in [6, 6.07) is 7.80. The first-order chi connectivity index (χ1) is 12.1. The van der Waals surface area contributed by atoms with Crippen molar-refractivity contribution in [3.05, 3.63) is 53.7 Å². The van der Waals surface area contributed by atoms with Crippen LogP contribution in [-0.2, 0) is 22.7 Å². The standard InChI is InChI=1S/C18H21N5O2/c1-12-13(2)23(11-22-12)9-8-20-17(24)18(25)21-10-15-5-3-4-14-6-7-19-16(14)15/h3-7,11,19H,8-10H2,1-2H3,(H,20,24)(H,21,25). The number of carbonyl (C=O) groups is 2. The van der Waals surface area contributed by atoms with Crippen LogP contribution in [0.4, 0.5) is 0 Å². The fraction of sp³-hybridized carbons (Fsp3) is 0.278. The van der Waals surface area contributed by atoms with E-state index in [1.165, 1.54) is 0 Å². The monoisotopic (exact) mass is 339 g/mol. The Kier molecular flexibility index (Phi) is 4.83. The number of carbonyl (C=O) groups excluding carboxylic acids is 2. The van der Waals surface area contributed by atoms with Gasteiger partial charge in [0.1, 0.15) is 0 Å². The van der Waals surface area contributed by atoms with Gasteiger partial charge in [0.15, 0.2) is 0 Å². The van der Waals surface area contributed by atoms with Gasteiger partial charge in [0, 0.05) is 31.5 Å².